The Hall–Kier alpha value is -4.08. The molecule has 3 rings (SSSR count). The predicted octanol–water partition coefficient (Wildman–Crippen LogP) is 2.77. The number of amides is 4. The highest BCUT2D eigenvalue weighted by Crippen LogP contribution is 2.40. The first kappa shape index (κ1) is 27.5. The number of ether oxygens (including phenoxy) is 2. The van der Waals surface area contributed by atoms with E-state index in [9.17, 15) is 19.2 Å². The molecule has 37 heavy (non-hydrogen) atoms. The number of anilines is 1. The zero-order chi connectivity index (χ0) is 27.1. The zero-order valence-electron chi connectivity index (χ0n) is 21.5. The number of esters is 1. The number of nitrogens with two attached hydrogens (primary N) is 1. The number of carbonyl (C=O) groups is 4. The van der Waals surface area contributed by atoms with Crippen molar-refractivity contribution in [2.45, 2.75) is 51.7 Å². The van der Waals surface area contributed by atoms with Gasteiger partial charge in [0.25, 0.3) is 0 Å². The molecule has 10 heteroatoms. The fourth-order valence-corrected chi connectivity index (χ4v) is 4.55. The van der Waals surface area contributed by atoms with Gasteiger partial charge in [-0.15, -0.1) is 0 Å². The van der Waals surface area contributed by atoms with Gasteiger partial charge < -0.3 is 30.7 Å². The second-order valence-electron chi connectivity index (χ2n) is 9.43. The van der Waals surface area contributed by atoms with E-state index >= 15 is 0 Å². The highest BCUT2D eigenvalue weighted by atomic mass is 16.5. The average Bonchev–Trinajstić information content (AvgIpc) is 3.25. The van der Waals surface area contributed by atoms with Crippen molar-refractivity contribution >= 4 is 29.5 Å². The van der Waals surface area contributed by atoms with Crippen molar-refractivity contribution in [1.82, 2.24) is 10.2 Å². The SMILES string of the molecule is COC(=O)[C@H](CC(C)C)N(C(=O)C(Cc1ccccc1)NC(C)=O)[C@@H]1COc2ccc(NC(N)=O)cc21. The van der Waals surface area contributed by atoms with Crippen LogP contribution in [0.25, 0.3) is 0 Å². The molecular formula is C27H34N4O6. The molecule has 0 bridgehead atoms. The molecule has 1 aliphatic heterocycles. The van der Waals surface area contributed by atoms with Crippen molar-refractivity contribution in [2.24, 2.45) is 11.7 Å². The molecule has 0 fully saturated rings. The summed E-state index contributed by atoms with van der Waals surface area (Å²) >= 11 is 0. The van der Waals surface area contributed by atoms with Gasteiger partial charge >= 0.3 is 12.0 Å². The molecule has 3 atom stereocenters. The molecule has 0 aliphatic carbocycles. The van der Waals surface area contributed by atoms with E-state index in [-0.39, 0.29) is 24.9 Å². The quantitative estimate of drug-likeness (QED) is 0.420. The fourth-order valence-electron chi connectivity index (χ4n) is 4.55. The lowest BCUT2D eigenvalue weighted by molar-refractivity contribution is -0.157. The van der Waals surface area contributed by atoms with Crippen LogP contribution in [0.5, 0.6) is 5.75 Å². The minimum Gasteiger partial charge on any atom is -0.491 e. The van der Waals surface area contributed by atoms with Crippen LogP contribution in [0.15, 0.2) is 48.5 Å². The maximum Gasteiger partial charge on any atom is 0.328 e. The van der Waals surface area contributed by atoms with Crippen LogP contribution in [0.2, 0.25) is 0 Å². The van der Waals surface area contributed by atoms with Crippen LogP contribution in [0, 0.1) is 5.92 Å². The maximum atomic E-state index is 14.2. The Kier molecular flexibility index (Phi) is 9.10. The number of urea groups is 1. The molecule has 0 aromatic heterocycles. The van der Waals surface area contributed by atoms with Crippen molar-refractivity contribution in [3.8, 4) is 5.75 Å². The van der Waals surface area contributed by atoms with Crippen LogP contribution >= 0.6 is 0 Å². The number of carbonyl (C=O) groups excluding carboxylic acids is 4. The van der Waals surface area contributed by atoms with Crippen LogP contribution in [0.3, 0.4) is 0 Å². The molecule has 1 heterocycles. The smallest absolute Gasteiger partial charge is 0.328 e. The molecule has 2 aromatic carbocycles. The minimum absolute atomic E-state index is 0.0531. The van der Waals surface area contributed by atoms with Crippen molar-refractivity contribution in [2.75, 3.05) is 19.0 Å². The van der Waals surface area contributed by atoms with Gasteiger partial charge in [-0.3, -0.25) is 9.59 Å². The highest BCUT2D eigenvalue weighted by molar-refractivity contribution is 5.91. The molecule has 10 nitrogen and oxygen atoms in total. The number of rotatable bonds is 10. The van der Waals surface area contributed by atoms with Gasteiger partial charge in [0.05, 0.1) is 13.2 Å². The van der Waals surface area contributed by atoms with Gasteiger partial charge in [-0.05, 0) is 36.1 Å². The van der Waals surface area contributed by atoms with E-state index in [1.807, 2.05) is 44.2 Å². The van der Waals surface area contributed by atoms with Gasteiger partial charge in [-0.2, -0.15) is 0 Å². The van der Waals surface area contributed by atoms with Gasteiger partial charge in [0.15, 0.2) is 0 Å². The van der Waals surface area contributed by atoms with Gasteiger partial charge in [-0.1, -0.05) is 44.2 Å². The van der Waals surface area contributed by atoms with Crippen LogP contribution in [0.1, 0.15) is 44.4 Å². The van der Waals surface area contributed by atoms with E-state index in [1.165, 1.54) is 18.9 Å². The van der Waals surface area contributed by atoms with Crippen LogP contribution in [-0.4, -0.2) is 54.5 Å². The largest absolute Gasteiger partial charge is 0.491 e. The van der Waals surface area contributed by atoms with E-state index < -0.39 is 36.0 Å². The van der Waals surface area contributed by atoms with E-state index in [2.05, 4.69) is 10.6 Å². The summed E-state index contributed by atoms with van der Waals surface area (Å²) in [6.45, 7) is 5.33. The topological polar surface area (TPSA) is 140 Å². The Balaban J connectivity index is 2.09. The molecule has 0 spiro atoms. The number of methoxy groups -OCH3 is 1. The van der Waals surface area contributed by atoms with Gasteiger partial charge in [0.2, 0.25) is 11.8 Å². The molecule has 2 aromatic rings. The Morgan fingerprint density at radius 1 is 1.14 bits per heavy atom. The Labute approximate surface area is 216 Å². The van der Waals surface area contributed by atoms with Crippen molar-refractivity contribution < 1.29 is 28.7 Å². The molecule has 4 amide bonds. The second kappa shape index (κ2) is 12.2. The van der Waals surface area contributed by atoms with E-state index in [0.29, 0.717) is 23.4 Å². The maximum absolute atomic E-state index is 14.2. The molecular weight excluding hydrogens is 476 g/mol. The highest BCUT2D eigenvalue weighted by Gasteiger charge is 2.43. The minimum atomic E-state index is -0.935. The Morgan fingerprint density at radius 2 is 1.84 bits per heavy atom. The number of primary amides is 1. The first-order valence-corrected chi connectivity index (χ1v) is 12.1. The lowest BCUT2D eigenvalue weighted by Crippen LogP contribution is -2.56. The second-order valence-corrected chi connectivity index (χ2v) is 9.43. The molecule has 1 unspecified atom stereocenters. The van der Waals surface area contributed by atoms with Gasteiger partial charge in [0.1, 0.15) is 24.4 Å². The number of fused-ring (bicyclic) bond motifs is 1. The number of hydrogen-bond acceptors (Lipinski definition) is 6. The summed E-state index contributed by atoms with van der Waals surface area (Å²) in [5.74, 6) is -0.806. The van der Waals surface area contributed by atoms with Crippen LogP contribution in [0.4, 0.5) is 10.5 Å². The summed E-state index contributed by atoms with van der Waals surface area (Å²) in [4.78, 5) is 52.3. The standard InChI is InChI=1S/C27H34N4O6/c1-16(2)12-22(26(34)36-4)31(23-15-37-24-11-10-19(14-20(23)24)30-27(28)35)25(33)21(29-17(3)32)13-18-8-6-5-7-9-18/h5-11,14,16,21-23H,12-13,15H2,1-4H3,(H,29,32)(H3,28,30,35)/t21?,22-,23+/m0/s1. The van der Waals surface area contributed by atoms with E-state index in [0.717, 1.165) is 5.56 Å². The summed E-state index contributed by atoms with van der Waals surface area (Å²) in [6.07, 6.45) is 0.566. The first-order chi connectivity index (χ1) is 17.6. The van der Waals surface area contributed by atoms with Gasteiger partial charge in [-0.25, -0.2) is 9.59 Å². The summed E-state index contributed by atoms with van der Waals surface area (Å²) in [6, 6.07) is 11.0. The third kappa shape index (κ3) is 6.99. The summed E-state index contributed by atoms with van der Waals surface area (Å²) in [5, 5.41) is 5.29. The molecule has 1 aliphatic rings. The van der Waals surface area contributed by atoms with Gasteiger partial charge in [0, 0.05) is 24.6 Å². The molecule has 0 saturated carbocycles. The van der Waals surface area contributed by atoms with Crippen molar-refractivity contribution in [3.63, 3.8) is 0 Å². The molecule has 0 saturated heterocycles. The summed E-state index contributed by atoms with van der Waals surface area (Å²) < 4.78 is 11.0. The Morgan fingerprint density at radius 3 is 2.43 bits per heavy atom. The lowest BCUT2D eigenvalue weighted by atomic mass is 9.95. The predicted molar refractivity (Wildman–Crippen MR) is 138 cm³/mol. The fraction of sp³-hybridized carbons (Fsp3) is 0.407. The monoisotopic (exact) mass is 510 g/mol. The molecule has 198 valence electrons. The normalized spacial score (nSPS) is 15.6. The number of benzene rings is 2. The van der Waals surface area contributed by atoms with E-state index in [4.69, 9.17) is 15.2 Å². The third-order valence-corrected chi connectivity index (χ3v) is 6.09. The Bertz CT molecular complexity index is 1140. The number of hydrogen-bond donors (Lipinski definition) is 3. The van der Waals surface area contributed by atoms with Crippen molar-refractivity contribution in [3.05, 3.63) is 59.7 Å². The third-order valence-electron chi connectivity index (χ3n) is 6.09. The molecule has 0 radical (unpaired) electrons. The zero-order valence-corrected chi connectivity index (χ0v) is 21.5. The first-order valence-electron chi connectivity index (χ1n) is 12.1. The van der Waals surface area contributed by atoms with Crippen LogP contribution < -0.4 is 21.1 Å². The summed E-state index contributed by atoms with van der Waals surface area (Å²) in [5.41, 5.74) is 7.17. The average molecular weight is 511 g/mol. The lowest BCUT2D eigenvalue weighted by Gasteiger charge is -2.37. The van der Waals surface area contributed by atoms with E-state index in [1.54, 1.807) is 18.2 Å². The van der Waals surface area contributed by atoms with Crippen LogP contribution in [-0.2, 0) is 25.5 Å². The number of nitrogens with one attached hydrogen (secondary N) is 2. The number of nitrogens with zero attached hydrogens (tertiary/aromatic N) is 1. The molecule has 4 N–H and O–H groups in total. The summed E-state index contributed by atoms with van der Waals surface area (Å²) in [7, 11) is 1.28. The van der Waals surface area contributed by atoms with Crippen molar-refractivity contribution in [1.29, 1.82) is 0 Å².